The second-order valence-corrected chi connectivity index (χ2v) is 22.9. The van der Waals surface area contributed by atoms with Crippen molar-refractivity contribution in [3.8, 4) is 0 Å². The smallest absolute Gasteiger partial charge is 0.381 e. The van der Waals surface area contributed by atoms with Gasteiger partial charge in [-0.05, 0) is 0 Å². The third-order valence-electron chi connectivity index (χ3n) is 3.01. The minimum Gasteiger partial charge on any atom is -0.381 e. The van der Waals surface area contributed by atoms with Gasteiger partial charge in [0.15, 0.2) is 0 Å². The largest absolute Gasteiger partial charge is 0.534 e. The second kappa shape index (κ2) is 11.2. The van der Waals surface area contributed by atoms with Gasteiger partial charge in [-0.25, -0.2) is 0 Å². The number of hydrogen-bond acceptors (Lipinski definition) is 5. The quantitative estimate of drug-likeness (QED) is 0.0959. The van der Waals surface area contributed by atoms with E-state index in [1.165, 1.54) is 0 Å². The third-order valence-corrected chi connectivity index (χ3v) is 7.56. The van der Waals surface area contributed by atoms with Crippen molar-refractivity contribution in [3.63, 3.8) is 0 Å². The Bertz CT molecular complexity index is 592. The van der Waals surface area contributed by atoms with Crippen LogP contribution in [0, 0.1) is 0 Å². The third kappa shape index (κ3) is 12.6. The first-order valence-electron chi connectivity index (χ1n) is 8.26. The standard InChI is InChI=1S/C13H18F3O5S.3CH3.Sn/c1-3-4-10-20-12(17)9-7-5-6-8-11(2)21-22(18,19)13(14,15)16;;;;/h1,3H,2,4-10H2;3*1H3;. The van der Waals surface area contributed by atoms with Crippen molar-refractivity contribution >= 4 is 34.5 Å². The number of alkyl halides is 3. The molecule has 0 saturated carbocycles. The van der Waals surface area contributed by atoms with Crippen LogP contribution in [0.25, 0.3) is 0 Å². The summed E-state index contributed by atoms with van der Waals surface area (Å²) >= 11 is -1.91. The van der Waals surface area contributed by atoms with Crippen molar-refractivity contribution in [1.82, 2.24) is 0 Å². The first kappa shape index (κ1) is 25.3. The maximum absolute atomic E-state index is 12.1. The molecular weight excluding hydrogens is 480 g/mol. The summed E-state index contributed by atoms with van der Waals surface area (Å²) in [6, 6.07) is 0. The predicted molar refractivity (Wildman–Crippen MR) is 96.3 cm³/mol. The summed E-state index contributed by atoms with van der Waals surface area (Å²) in [4.78, 5) is 18.3. The zero-order chi connectivity index (χ0) is 20.4. The van der Waals surface area contributed by atoms with Crippen LogP contribution >= 0.6 is 0 Å². The summed E-state index contributed by atoms with van der Waals surface area (Å²) in [6.07, 6.45) is 4.27. The zero-order valence-corrected chi connectivity index (χ0v) is 19.1. The molecule has 0 atom stereocenters. The molecule has 0 aromatic rings. The maximum Gasteiger partial charge on any atom is 0.534 e. The van der Waals surface area contributed by atoms with Crippen LogP contribution in [0.15, 0.2) is 22.5 Å². The van der Waals surface area contributed by atoms with Gasteiger partial charge in [0.25, 0.3) is 0 Å². The van der Waals surface area contributed by atoms with E-state index in [1.54, 1.807) is 0 Å². The van der Waals surface area contributed by atoms with Crippen LogP contribution in [0.4, 0.5) is 13.2 Å². The molecule has 0 aliphatic rings. The maximum atomic E-state index is 12.1. The first-order valence-corrected chi connectivity index (χ1v) is 19.9. The molecule has 0 fully saturated rings. The molecule has 0 N–H and O–H groups in total. The number of ether oxygens (including phenoxy) is 1. The van der Waals surface area contributed by atoms with Crippen LogP contribution in [-0.2, 0) is 23.8 Å². The molecule has 152 valence electrons. The molecule has 0 radical (unpaired) electrons. The fourth-order valence-corrected chi connectivity index (χ4v) is 4.74. The zero-order valence-electron chi connectivity index (χ0n) is 15.4. The molecule has 26 heavy (non-hydrogen) atoms. The van der Waals surface area contributed by atoms with Gasteiger partial charge in [0, 0.05) is 0 Å². The van der Waals surface area contributed by atoms with Crippen molar-refractivity contribution in [3.05, 3.63) is 22.5 Å². The van der Waals surface area contributed by atoms with Crippen LogP contribution in [0.2, 0.25) is 14.8 Å². The molecular formula is C16H27F3O5SSn. The van der Waals surface area contributed by atoms with E-state index < -0.39 is 39.8 Å². The molecule has 0 heterocycles. The Morgan fingerprint density at radius 3 is 2.23 bits per heavy atom. The van der Waals surface area contributed by atoms with Gasteiger partial charge in [-0.2, -0.15) is 21.6 Å². The summed E-state index contributed by atoms with van der Waals surface area (Å²) in [5, 5.41) is 0. The van der Waals surface area contributed by atoms with E-state index in [4.69, 9.17) is 4.74 Å². The Kier molecular flexibility index (Phi) is 10.9. The van der Waals surface area contributed by atoms with E-state index in [1.807, 2.05) is 6.08 Å². The topological polar surface area (TPSA) is 69.7 Å². The van der Waals surface area contributed by atoms with Gasteiger partial charge in [0.1, 0.15) is 0 Å². The Hall–Kier alpha value is -0.711. The molecule has 0 aromatic carbocycles. The SMILES string of the molecule is C=C(CCCCCC(=O)OCC/C=[CH]/[Sn]([CH3])([CH3])[CH3])OS(=O)(=O)C(F)(F)F. The summed E-state index contributed by atoms with van der Waals surface area (Å²) in [6.45, 7) is 3.50. The molecule has 0 aliphatic heterocycles. The number of carbonyl (C=O) groups is 1. The molecule has 0 amide bonds. The molecule has 0 unspecified atom stereocenters. The van der Waals surface area contributed by atoms with Gasteiger partial charge < -0.3 is 4.18 Å². The molecule has 0 saturated heterocycles. The Morgan fingerprint density at radius 1 is 1.12 bits per heavy atom. The van der Waals surface area contributed by atoms with E-state index in [9.17, 15) is 26.4 Å². The fraction of sp³-hybridized carbons (Fsp3) is 0.688. The van der Waals surface area contributed by atoms with Crippen molar-refractivity contribution in [2.45, 2.75) is 58.9 Å². The van der Waals surface area contributed by atoms with Crippen LogP contribution in [-0.4, -0.2) is 44.9 Å². The summed E-state index contributed by atoms with van der Waals surface area (Å²) in [5.74, 6) is -0.798. The minimum atomic E-state index is -5.65. The van der Waals surface area contributed by atoms with Crippen LogP contribution < -0.4 is 0 Å². The Balaban J connectivity index is 3.82. The molecule has 0 aromatic heterocycles. The number of allylic oxidation sites excluding steroid dienone is 1. The predicted octanol–water partition coefficient (Wildman–Crippen LogP) is 4.68. The van der Waals surface area contributed by atoms with Gasteiger partial charge >= 0.3 is 125 Å². The van der Waals surface area contributed by atoms with Crippen molar-refractivity contribution < 1.29 is 35.3 Å². The fourth-order valence-electron chi connectivity index (χ4n) is 1.76. The number of halogens is 3. The summed E-state index contributed by atoms with van der Waals surface area (Å²) in [7, 11) is -5.65. The van der Waals surface area contributed by atoms with Gasteiger partial charge in [-0.15, -0.1) is 0 Å². The van der Waals surface area contributed by atoms with Gasteiger partial charge in [-0.3, -0.25) is 0 Å². The molecule has 5 nitrogen and oxygen atoms in total. The molecule has 0 spiro atoms. The minimum absolute atomic E-state index is 0.0339. The molecule has 10 heteroatoms. The second-order valence-electron chi connectivity index (χ2n) is 6.86. The van der Waals surface area contributed by atoms with E-state index in [0.717, 1.165) is 0 Å². The number of carbonyl (C=O) groups excluding carboxylic acids is 1. The van der Waals surface area contributed by atoms with Crippen LogP contribution in [0.3, 0.4) is 0 Å². The number of unbranched alkanes of at least 4 members (excludes halogenated alkanes) is 2. The van der Waals surface area contributed by atoms with Crippen molar-refractivity contribution in [1.29, 1.82) is 0 Å². The summed E-state index contributed by atoms with van der Waals surface area (Å²) < 4.78 is 69.1. The van der Waals surface area contributed by atoms with E-state index in [-0.39, 0.29) is 18.8 Å². The number of esters is 1. The monoisotopic (exact) mass is 508 g/mol. The van der Waals surface area contributed by atoms with Crippen molar-refractivity contribution in [2.24, 2.45) is 0 Å². The Labute approximate surface area is 157 Å². The van der Waals surface area contributed by atoms with E-state index in [2.05, 4.69) is 29.7 Å². The summed E-state index contributed by atoms with van der Waals surface area (Å²) in [5.41, 5.74) is -5.47. The normalized spacial score (nSPS) is 13.0. The van der Waals surface area contributed by atoms with E-state index in [0.29, 0.717) is 32.3 Å². The van der Waals surface area contributed by atoms with Crippen LogP contribution in [0.1, 0.15) is 38.5 Å². The average molecular weight is 507 g/mol. The van der Waals surface area contributed by atoms with Crippen molar-refractivity contribution in [2.75, 3.05) is 6.61 Å². The van der Waals surface area contributed by atoms with Gasteiger partial charge in [0.05, 0.1) is 0 Å². The van der Waals surface area contributed by atoms with Gasteiger partial charge in [0.2, 0.25) is 0 Å². The molecule has 0 bridgehead atoms. The average Bonchev–Trinajstić information content (AvgIpc) is 2.43. The molecule has 0 rings (SSSR count). The molecule has 0 aliphatic carbocycles. The number of hydrogen-bond donors (Lipinski definition) is 0. The van der Waals surface area contributed by atoms with Gasteiger partial charge in [-0.1, -0.05) is 6.58 Å². The Morgan fingerprint density at radius 2 is 1.69 bits per heavy atom. The first-order chi connectivity index (χ1) is 11.7. The van der Waals surface area contributed by atoms with Crippen LogP contribution in [0.5, 0.6) is 0 Å². The number of rotatable bonds is 12. The van der Waals surface area contributed by atoms with E-state index >= 15 is 0 Å².